The van der Waals surface area contributed by atoms with Gasteiger partial charge in [0.05, 0.1) is 8.07 Å². The molecule has 0 atom stereocenters. The lowest BCUT2D eigenvalue weighted by molar-refractivity contribution is 0.729. The molecule has 2 aromatic carbocycles. The first kappa shape index (κ1) is 15.6. The monoisotopic (exact) mass is 292 g/mol. The lowest BCUT2D eigenvalue weighted by Gasteiger charge is -2.37. The predicted octanol–water partition coefficient (Wildman–Crippen LogP) is 4.80. The molecule has 21 heavy (non-hydrogen) atoms. The maximum atomic E-state index is 3.24. The fourth-order valence-electron chi connectivity index (χ4n) is 2.07. The third-order valence-corrected chi connectivity index (χ3v) is 10.1. The van der Waals surface area contributed by atoms with Gasteiger partial charge in [0.15, 0.2) is 0 Å². The van der Waals surface area contributed by atoms with E-state index in [1.807, 2.05) is 30.3 Å². The molecule has 0 aromatic heterocycles. The topological polar surface area (TPSA) is 0 Å². The van der Waals surface area contributed by atoms with Crippen LogP contribution in [0.25, 0.3) is 0 Å². The largest absolute Gasteiger partial charge is 0.0859 e. The molecule has 0 N–H and O–H groups in total. The molecule has 2 rings (SSSR count). The lowest BCUT2D eigenvalue weighted by Crippen LogP contribution is -2.49. The van der Waals surface area contributed by atoms with Gasteiger partial charge in [0.25, 0.3) is 0 Å². The van der Waals surface area contributed by atoms with Crippen LogP contribution in [-0.2, 0) is 0 Å². The third-order valence-electron chi connectivity index (χ3n) is 4.61. The first-order valence-electron chi connectivity index (χ1n) is 7.48. The first-order valence-corrected chi connectivity index (χ1v) is 10.5. The highest BCUT2D eigenvalue weighted by Crippen LogP contribution is 2.35. The molecule has 0 heterocycles. The van der Waals surface area contributed by atoms with Crippen LogP contribution in [0.2, 0.25) is 18.1 Å². The maximum absolute atomic E-state index is 3.24. The Kier molecular flexibility index (Phi) is 4.39. The van der Waals surface area contributed by atoms with E-state index in [0.29, 0.717) is 5.04 Å². The Balaban J connectivity index is 2.23. The molecule has 0 saturated carbocycles. The summed E-state index contributed by atoms with van der Waals surface area (Å²) in [6.45, 7) is 11.9. The second kappa shape index (κ2) is 5.91. The zero-order valence-corrected chi connectivity index (χ0v) is 14.7. The molecule has 0 saturated heterocycles. The van der Waals surface area contributed by atoms with Gasteiger partial charge in [-0.25, -0.2) is 0 Å². The van der Waals surface area contributed by atoms with Crippen LogP contribution in [0.3, 0.4) is 0 Å². The van der Waals surface area contributed by atoms with Crippen LogP contribution in [-0.4, -0.2) is 8.07 Å². The molecule has 0 aliphatic carbocycles. The third kappa shape index (κ3) is 3.65. The molecule has 0 aliphatic rings. The fraction of sp³-hybridized carbons (Fsp3) is 0.300. The minimum Gasteiger partial charge on any atom is -0.0651 e. The molecule has 108 valence electrons. The molecule has 0 spiro atoms. The molecular formula is C20H24Si. The summed E-state index contributed by atoms with van der Waals surface area (Å²) in [5, 5.41) is 1.87. The lowest BCUT2D eigenvalue weighted by atomic mass is 10.2. The Morgan fingerprint density at radius 2 is 1.19 bits per heavy atom. The number of rotatable bonds is 1. The highest BCUT2D eigenvalue weighted by Gasteiger charge is 2.36. The average Bonchev–Trinajstić information content (AvgIpc) is 2.45. The molecule has 0 amide bonds. The van der Waals surface area contributed by atoms with Gasteiger partial charge < -0.3 is 0 Å². The van der Waals surface area contributed by atoms with E-state index in [2.05, 4.69) is 70.0 Å². The first-order chi connectivity index (χ1) is 9.80. The molecule has 1 heteroatoms. The predicted molar refractivity (Wildman–Crippen MR) is 95.7 cm³/mol. The normalized spacial score (nSPS) is 11.7. The second-order valence-corrected chi connectivity index (χ2v) is 12.4. The van der Waals surface area contributed by atoms with Crippen LogP contribution in [0, 0.1) is 11.8 Å². The van der Waals surface area contributed by atoms with Crippen molar-refractivity contribution < 1.29 is 0 Å². The fourth-order valence-corrected chi connectivity index (χ4v) is 3.94. The Hall–Kier alpha value is -1.78. The number of benzene rings is 2. The molecule has 0 bridgehead atoms. The SMILES string of the molecule is CC(C)(C)[Si](C)(C)c1ccc(C#Cc2ccccc2)cc1. The van der Waals surface area contributed by atoms with Crippen LogP contribution >= 0.6 is 0 Å². The molecule has 0 nitrogen and oxygen atoms in total. The van der Waals surface area contributed by atoms with E-state index in [0.717, 1.165) is 11.1 Å². The highest BCUT2D eigenvalue weighted by molar-refractivity contribution is 6.92. The minimum atomic E-state index is -1.44. The highest BCUT2D eigenvalue weighted by atomic mass is 28.3. The van der Waals surface area contributed by atoms with E-state index < -0.39 is 8.07 Å². The Labute approximate surface area is 130 Å². The van der Waals surface area contributed by atoms with Crippen molar-refractivity contribution in [2.75, 3.05) is 0 Å². The van der Waals surface area contributed by atoms with Gasteiger partial charge in [-0.15, -0.1) is 0 Å². The smallest absolute Gasteiger partial charge is 0.0651 e. The van der Waals surface area contributed by atoms with Crippen LogP contribution in [0.1, 0.15) is 31.9 Å². The number of hydrogen-bond donors (Lipinski definition) is 0. The van der Waals surface area contributed by atoms with E-state index in [9.17, 15) is 0 Å². The van der Waals surface area contributed by atoms with Gasteiger partial charge in [-0.05, 0) is 29.3 Å². The molecule has 0 radical (unpaired) electrons. The van der Waals surface area contributed by atoms with Gasteiger partial charge in [0.1, 0.15) is 0 Å². The summed E-state index contributed by atoms with van der Waals surface area (Å²) in [4.78, 5) is 0. The van der Waals surface area contributed by atoms with E-state index in [-0.39, 0.29) is 0 Å². The molecule has 2 aromatic rings. The van der Waals surface area contributed by atoms with Crippen molar-refractivity contribution in [3.8, 4) is 11.8 Å². The standard InChI is InChI=1S/C20H24Si/c1-20(2,3)21(4,5)19-15-13-18(14-16-19)12-11-17-9-7-6-8-10-17/h6-10,13-16H,1-5H3. The van der Waals surface area contributed by atoms with Gasteiger partial charge >= 0.3 is 0 Å². The zero-order valence-electron chi connectivity index (χ0n) is 13.7. The Morgan fingerprint density at radius 1 is 0.714 bits per heavy atom. The van der Waals surface area contributed by atoms with Crippen LogP contribution in [0.15, 0.2) is 54.6 Å². The van der Waals surface area contributed by atoms with Gasteiger partial charge in [0.2, 0.25) is 0 Å². The minimum absolute atomic E-state index is 0.365. The van der Waals surface area contributed by atoms with Gasteiger partial charge in [0, 0.05) is 11.1 Å². The van der Waals surface area contributed by atoms with Crippen molar-refractivity contribution in [1.29, 1.82) is 0 Å². The molecule has 0 aliphatic heterocycles. The average molecular weight is 292 g/mol. The van der Waals surface area contributed by atoms with Gasteiger partial charge in [-0.2, -0.15) is 0 Å². The van der Waals surface area contributed by atoms with Crippen molar-refractivity contribution in [1.82, 2.24) is 0 Å². The molecule has 0 fully saturated rings. The summed E-state index contributed by atoms with van der Waals surface area (Å²) < 4.78 is 0. The Morgan fingerprint density at radius 3 is 1.67 bits per heavy atom. The Bertz CT molecular complexity index is 647. The summed E-state index contributed by atoms with van der Waals surface area (Å²) in [6.07, 6.45) is 0. The van der Waals surface area contributed by atoms with Crippen molar-refractivity contribution in [2.45, 2.75) is 38.9 Å². The van der Waals surface area contributed by atoms with E-state index >= 15 is 0 Å². The van der Waals surface area contributed by atoms with Gasteiger partial charge in [-0.3, -0.25) is 0 Å². The van der Waals surface area contributed by atoms with Crippen molar-refractivity contribution in [3.05, 3.63) is 65.7 Å². The summed E-state index contributed by atoms with van der Waals surface area (Å²) in [5.41, 5.74) is 2.15. The van der Waals surface area contributed by atoms with E-state index in [4.69, 9.17) is 0 Å². The zero-order chi connectivity index (χ0) is 15.5. The second-order valence-electron chi connectivity index (χ2n) is 7.07. The van der Waals surface area contributed by atoms with Crippen molar-refractivity contribution in [3.63, 3.8) is 0 Å². The summed E-state index contributed by atoms with van der Waals surface area (Å²) >= 11 is 0. The summed E-state index contributed by atoms with van der Waals surface area (Å²) in [6, 6.07) is 19.0. The quantitative estimate of drug-likeness (QED) is 0.523. The maximum Gasteiger partial charge on any atom is 0.0859 e. The van der Waals surface area contributed by atoms with E-state index in [1.54, 1.807) is 0 Å². The van der Waals surface area contributed by atoms with Crippen LogP contribution in [0.4, 0.5) is 0 Å². The van der Waals surface area contributed by atoms with E-state index in [1.165, 1.54) is 5.19 Å². The van der Waals surface area contributed by atoms with Crippen molar-refractivity contribution >= 4 is 13.3 Å². The van der Waals surface area contributed by atoms with Crippen LogP contribution < -0.4 is 5.19 Å². The number of hydrogen-bond acceptors (Lipinski definition) is 0. The summed E-state index contributed by atoms with van der Waals surface area (Å²) in [7, 11) is -1.44. The van der Waals surface area contributed by atoms with Crippen molar-refractivity contribution in [2.24, 2.45) is 0 Å². The molecule has 0 unspecified atom stereocenters. The molecular weight excluding hydrogens is 268 g/mol. The summed E-state index contributed by atoms with van der Waals surface area (Å²) in [5.74, 6) is 6.45. The van der Waals surface area contributed by atoms with Gasteiger partial charge in [-0.1, -0.05) is 81.2 Å². The van der Waals surface area contributed by atoms with Crippen LogP contribution in [0.5, 0.6) is 0 Å².